The number of hydrogen-bond donors (Lipinski definition) is 8. The van der Waals surface area contributed by atoms with E-state index in [4.69, 9.17) is 9.47 Å². The first-order chi connectivity index (χ1) is 21.4. The van der Waals surface area contributed by atoms with E-state index in [2.05, 4.69) is 0 Å². The lowest BCUT2D eigenvalue weighted by Gasteiger charge is -2.16. The summed E-state index contributed by atoms with van der Waals surface area (Å²) < 4.78 is 10.1. The fourth-order valence-corrected chi connectivity index (χ4v) is 4.48. The largest absolute Gasteiger partial charge is 0.507 e. The van der Waals surface area contributed by atoms with Crippen LogP contribution in [0.2, 0.25) is 0 Å². The second-order valence-electron chi connectivity index (χ2n) is 9.67. The zero-order chi connectivity index (χ0) is 33.0. The van der Waals surface area contributed by atoms with Crippen LogP contribution in [0.15, 0.2) is 60.7 Å². The van der Waals surface area contributed by atoms with Gasteiger partial charge >= 0.3 is 0 Å². The SMILES string of the molecule is COc1cc(/C=C/C(=O)c2c(O)cc(O)c(Cc3c(O)cc(O)c(C(=O)/C=C/c4ccc(O)c(OC)c4)c3O)c2O)ccc1O. The Morgan fingerprint density at radius 1 is 0.556 bits per heavy atom. The van der Waals surface area contributed by atoms with Gasteiger partial charge in [-0.15, -0.1) is 0 Å². The van der Waals surface area contributed by atoms with Crippen molar-refractivity contribution in [3.63, 3.8) is 0 Å². The molecule has 4 aromatic carbocycles. The van der Waals surface area contributed by atoms with Crippen LogP contribution >= 0.6 is 0 Å². The van der Waals surface area contributed by atoms with Gasteiger partial charge in [0.2, 0.25) is 0 Å². The second kappa shape index (κ2) is 12.9. The van der Waals surface area contributed by atoms with E-state index >= 15 is 0 Å². The molecular weight excluding hydrogens is 588 g/mol. The number of carbonyl (C=O) groups excluding carboxylic acids is 2. The molecule has 0 aliphatic rings. The number of aromatic hydroxyl groups is 8. The Bertz CT molecular complexity index is 1740. The van der Waals surface area contributed by atoms with Gasteiger partial charge in [0.15, 0.2) is 34.6 Å². The van der Waals surface area contributed by atoms with Crippen LogP contribution in [0.3, 0.4) is 0 Å². The van der Waals surface area contributed by atoms with E-state index in [0.29, 0.717) is 11.1 Å². The molecule has 12 nitrogen and oxygen atoms in total. The van der Waals surface area contributed by atoms with Gasteiger partial charge in [0, 0.05) is 29.7 Å². The molecule has 0 spiro atoms. The van der Waals surface area contributed by atoms with Crippen molar-refractivity contribution in [2.75, 3.05) is 14.2 Å². The summed E-state index contributed by atoms with van der Waals surface area (Å²) in [6, 6.07) is 10.1. The molecule has 0 heterocycles. The smallest absolute Gasteiger partial charge is 0.193 e. The molecule has 0 bridgehead atoms. The fourth-order valence-electron chi connectivity index (χ4n) is 4.48. The van der Waals surface area contributed by atoms with Gasteiger partial charge in [0.25, 0.3) is 0 Å². The average Bonchev–Trinajstić information content (AvgIpc) is 2.99. The summed E-state index contributed by atoms with van der Waals surface area (Å²) in [5.41, 5.74) is -1.12. The summed E-state index contributed by atoms with van der Waals surface area (Å²) >= 11 is 0. The Morgan fingerprint density at radius 3 is 1.29 bits per heavy atom. The van der Waals surface area contributed by atoms with Crippen LogP contribution in [0, 0.1) is 0 Å². The molecule has 0 unspecified atom stereocenters. The molecule has 12 heteroatoms. The molecule has 0 aliphatic heterocycles. The predicted molar refractivity (Wildman–Crippen MR) is 162 cm³/mol. The molecule has 0 fully saturated rings. The van der Waals surface area contributed by atoms with E-state index in [1.165, 1.54) is 62.8 Å². The van der Waals surface area contributed by atoms with E-state index in [-0.39, 0.29) is 23.0 Å². The molecule has 232 valence electrons. The first-order valence-corrected chi connectivity index (χ1v) is 13.1. The third kappa shape index (κ3) is 6.54. The van der Waals surface area contributed by atoms with Crippen LogP contribution in [0.5, 0.6) is 57.5 Å². The number of hydrogen-bond acceptors (Lipinski definition) is 12. The minimum atomic E-state index is -0.885. The molecule has 0 saturated carbocycles. The van der Waals surface area contributed by atoms with Gasteiger partial charge in [-0.3, -0.25) is 9.59 Å². The average molecular weight is 617 g/mol. The zero-order valence-electron chi connectivity index (χ0n) is 23.8. The maximum Gasteiger partial charge on any atom is 0.193 e. The summed E-state index contributed by atoms with van der Waals surface area (Å²) in [7, 11) is 2.69. The number of phenols is 8. The second-order valence-corrected chi connectivity index (χ2v) is 9.67. The van der Waals surface area contributed by atoms with E-state index in [0.717, 1.165) is 24.3 Å². The van der Waals surface area contributed by atoms with Crippen LogP contribution in [0.1, 0.15) is 43.0 Å². The normalized spacial score (nSPS) is 11.2. The van der Waals surface area contributed by atoms with Gasteiger partial charge in [-0.1, -0.05) is 24.3 Å². The van der Waals surface area contributed by atoms with Crippen LogP contribution in [-0.4, -0.2) is 66.6 Å². The number of benzene rings is 4. The zero-order valence-corrected chi connectivity index (χ0v) is 23.8. The highest BCUT2D eigenvalue weighted by Gasteiger charge is 2.26. The summed E-state index contributed by atoms with van der Waals surface area (Å²) in [5, 5.41) is 83.2. The highest BCUT2D eigenvalue weighted by molar-refractivity contribution is 6.12. The molecule has 0 radical (unpaired) electrons. The van der Waals surface area contributed by atoms with Crippen molar-refractivity contribution >= 4 is 23.7 Å². The number of methoxy groups -OCH3 is 2. The topological polar surface area (TPSA) is 214 Å². The maximum absolute atomic E-state index is 13.0. The molecule has 0 aromatic heterocycles. The third-order valence-electron chi connectivity index (χ3n) is 6.83. The molecule has 0 saturated heterocycles. The Kier molecular flexibility index (Phi) is 9.08. The van der Waals surface area contributed by atoms with Gasteiger partial charge in [0.1, 0.15) is 45.6 Å². The molecule has 4 rings (SSSR count). The van der Waals surface area contributed by atoms with Crippen molar-refractivity contribution in [3.8, 4) is 57.5 Å². The number of phenolic OH excluding ortho intramolecular Hbond substituents is 8. The van der Waals surface area contributed by atoms with Crippen LogP contribution in [0.25, 0.3) is 12.2 Å². The fraction of sp³-hybridized carbons (Fsp3) is 0.0909. The third-order valence-corrected chi connectivity index (χ3v) is 6.83. The lowest BCUT2D eigenvalue weighted by atomic mass is 9.93. The summed E-state index contributed by atoms with van der Waals surface area (Å²) in [4.78, 5) is 26.0. The molecule has 0 amide bonds. The highest BCUT2D eigenvalue weighted by atomic mass is 16.5. The van der Waals surface area contributed by atoms with Gasteiger partial charge in [-0.2, -0.15) is 0 Å². The lowest BCUT2D eigenvalue weighted by Crippen LogP contribution is -2.03. The van der Waals surface area contributed by atoms with Gasteiger partial charge < -0.3 is 50.3 Å². The minimum Gasteiger partial charge on any atom is -0.507 e. The summed E-state index contributed by atoms with van der Waals surface area (Å²) in [5.74, 6) is -6.40. The van der Waals surface area contributed by atoms with Crippen LogP contribution < -0.4 is 9.47 Å². The van der Waals surface area contributed by atoms with E-state index in [1.807, 2.05) is 0 Å². The molecular formula is C33H28O12. The highest BCUT2D eigenvalue weighted by Crippen LogP contribution is 2.44. The first kappa shape index (κ1) is 31.6. The van der Waals surface area contributed by atoms with Crippen molar-refractivity contribution in [2.24, 2.45) is 0 Å². The monoisotopic (exact) mass is 616 g/mol. The van der Waals surface area contributed by atoms with Crippen molar-refractivity contribution in [3.05, 3.63) is 94.1 Å². The lowest BCUT2D eigenvalue weighted by molar-refractivity contribution is 0.103. The number of ether oxygens (including phenoxy) is 2. The Hall–Kier alpha value is -6.30. The first-order valence-electron chi connectivity index (χ1n) is 13.1. The number of allylic oxidation sites excluding steroid dienone is 2. The minimum absolute atomic E-state index is 0.126. The van der Waals surface area contributed by atoms with E-state index in [1.54, 1.807) is 0 Å². The molecule has 45 heavy (non-hydrogen) atoms. The number of carbonyl (C=O) groups is 2. The standard InChI is InChI=1S/C33H28O12/c1-44-28-11-16(3-7-20(28)34)5-9-22(36)30-26(40)14-24(38)18(32(30)42)13-19-25(39)15-27(41)31(33(19)43)23(37)10-6-17-4-8-21(35)29(12-17)45-2/h3-12,14-15,34-35,38-43H,13H2,1-2H3/b9-5+,10-6+. The molecule has 0 atom stereocenters. The molecule has 4 aromatic rings. The van der Waals surface area contributed by atoms with Gasteiger partial charge in [-0.25, -0.2) is 0 Å². The van der Waals surface area contributed by atoms with Gasteiger partial charge in [-0.05, 0) is 47.5 Å². The summed E-state index contributed by atoms with van der Waals surface area (Å²) in [6.45, 7) is 0. The van der Waals surface area contributed by atoms with E-state index in [9.17, 15) is 50.4 Å². The summed E-state index contributed by atoms with van der Waals surface area (Å²) in [6.07, 6.45) is 4.04. The quantitative estimate of drug-likeness (QED) is 0.0897. The van der Waals surface area contributed by atoms with Gasteiger partial charge in [0.05, 0.1) is 14.2 Å². The predicted octanol–water partition coefficient (Wildman–Crippen LogP) is 4.73. The van der Waals surface area contributed by atoms with Crippen molar-refractivity contribution in [2.45, 2.75) is 6.42 Å². The van der Waals surface area contributed by atoms with Crippen molar-refractivity contribution < 1.29 is 59.9 Å². The number of ketones is 2. The van der Waals surface area contributed by atoms with Crippen LogP contribution in [-0.2, 0) is 6.42 Å². The maximum atomic E-state index is 13.0. The van der Waals surface area contributed by atoms with E-state index < -0.39 is 74.7 Å². The van der Waals surface area contributed by atoms with Crippen molar-refractivity contribution in [1.82, 2.24) is 0 Å². The van der Waals surface area contributed by atoms with Crippen molar-refractivity contribution in [1.29, 1.82) is 0 Å². The Morgan fingerprint density at radius 2 is 0.933 bits per heavy atom. The Labute approximate surface area is 255 Å². The molecule has 0 aliphatic carbocycles. The molecule has 8 N–H and O–H groups in total. The Balaban J connectivity index is 1.68. The van der Waals surface area contributed by atoms with Crippen LogP contribution in [0.4, 0.5) is 0 Å². The number of rotatable bonds is 10.